The number of alkyl halides is 1. The van der Waals surface area contributed by atoms with E-state index in [0.29, 0.717) is 0 Å². The molecule has 11 heavy (non-hydrogen) atoms. The zero-order chi connectivity index (χ0) is 8.70. The van der Waals surface area contributed by atoms with Gasteiger partial charge in [-0.1, -0.05) is 15.9 Å². The second-order valence-corrected chi connectivity index (χ2v) is 6.26. The lowest BCUT2D eigenvalue weighted by atomic mass is 10.0. The molecule has 0 amide bonds. The zero-order valence-corrected chi connectivity index (χ0v) is 8.52. The van der Waals surface area contributed by atoms with Gasteiger partial charge in [0.05, 0.1) is 5.60 Å². The highest BCUT2D eigenvalue weighted by Gasteiger charge is 2.42. The zero-order valence-electron chi connectivity index (χ0n) is 6.12. The first kappa shape index (κ1) is 9.44. The van der Waals surface area contributed by atoms with Crippen LogP contribution in [0.2, 0.25) is 0 Å². The van der Waals surface area contributed by atoms with Crippen molar-refractivity contribution in [3.63, 3.8) is 0 Å². The summed E-state index contributed by atoms with van der Waals surface area (Å²) < 4.78 is 23.3. The van der Waals surface area contributed by atoms with Crippen LogP contribution in [-0.2, 0) is 10.0 Å². The molecule has 0 atom stereocenters. The lowest BCUT2D eigenvalue weighted by Gasteiger charge is -2.42. The van der Waals surface area contributed by atoms with Crippen molar-refractivity contribution in [2.75, 3.05) is 17.8 Å². The van der Waals surface area contributed by atoms with Gasteiger partial charge in [-0.25, -0.2) is 8.42 Å². The van der Waals surface area contributed by atoms with Gasteiger partial charge in [-0.3, -0.25) is 0 Å². The van der Waals surface area contributed by atoms with E-state index in [1.807, 2.05) is 0 Å². The monoisotopic (exact) mass is 243 g/mol. The number of nitrogens with zero attached hydrogens (tertiary/aromatic N) is 1. The molecule has 0 saturated carbocycles. The van der Waals surface area contributed by atoms with E-state index < -0.39 is 15.6 Å². The molecule has 1 heterocycles. The van der Waals surface area contributed by atoms with Crippen LogP contribution in [0, 0.1) is 0 Å². The third-order valence-electron chi connectivity index (χ3n) is 1.57. The Labute approximate surface area is 74.4 Å². The van der Waals surface area contributed by atoms with Gasteiger partial charge in [0.15, 0.2) is 0 Å². The normalized spacial score (nSPS) is 24.6. The quantitative estimate of drug-likeness (QED) is 0.680. The highest BCUT2D eigenvalue weighted by atomic mass is 79.9. The lowest BCUT2D eigenvalue weighted by molar-refractivity contribution is -0.0423. The Morgan fingerprint density at radius 3 is 2.36 bits per heavy atom. The van der Waals surface area contributed by atoms with Gasteiger partial charge >= 0.3 is 0 Å². The average molecular weight is 244 g/mol. The molecule has 0 bridgehead atoms. The molecule has 0 unspecified atom stereocenters. The van der Waals surface area contributed by atoms with Crippen molar-refractivity contribution >= 4 is 26.0 Å². The topological polar surface area (TPSA) is 57.6 Å². The number of halogens is 1. The summed E-state index contributed by atoms with van der Waals surface area (Å²) in [4.78, 5) is 0. The first-order valence-corrected chi connectivity index (χ1v) is 5.87. The summed E-state index contributed by atoms with van der Waals surface area (Å²) in [5, 5.41) is 9.22. The molecule has 0 radical (unpaired) electrons. The Kier molecular flexibility index (Phi) is 2.31. The van der Waals surface area contributed by atoms with Crippen molar-refractivity contribution < 1.29 is 13.5 Å². The number of hydrogen-bond donors (Lipinski definition) is 1. The molecule has 1 saturated heterocycles. The number of aliphatic hydroxyl groups is 1. The Morgan fingerprint density at radius 2 is 2.09 bits per heavy atom. The van der Waals surface area contributed by atoms with Crippen LogP contribution in [0.3, 0.4) is 0 Å². The van der Waals surface area contributed by atoms with Crippen molar-refractivity contribution in [2.24, 2.45) is 0 Å². The van der Waals surface area contributed by atoms with Gasteiger partial charge in [-0.15, -0.1) is 0 Å². The summed E-state index contributed by atoms with van der Waals surface area (Å²) in [7, 11) is -3.14. The van der Waals surface area contributed by atoms with Gasteiger partial charge in [0, 0.05) is 13.1 Å². The number of rotatable bonds is 2. The van der Waals surface area contributed by atoms with Crippen LogP contribution in [0.25, 0.3) is 0 Å². The van der Waals surface area contributed by atoms with Gasteiger partial charge in [0.1, 0.15) is 4.66 Å². The van der Waals surface area contributed by atoms with Crippen LogP contribution >= 0.6 is 15.9 Å². The molecule has 1 aliphatic rings. The molecular weight excluding hydrogens is 234 g/mol. The first-order valence-electron chi connectivity index (χ1n) is 3.14. The minimum atomic E-state index is -3.14. The Balaban J connectivity index is 2.58. The molecule has 6 heteroatoms. The maximum atomic E-state index is 11.0. The van der Waals surface area contributed by atoms with Gasteiger partial charge in [-0.05, 0) is 6.92 Å². The second-order valence-electron chi connectivity index (χ2n) is 2.99. The summed E-state index contributed by atoms with van der Waals surface area (Å²) in [6.45, 7) is 2.04. The second kappa shape index (κ2) is 2.69. The van der Waals surface area contributed by atoms with Gasteiger partial charge < -0.3 is 5.11 Å². The molecule has 0 aromatic rings. The fraction of sp³-hybridized carbons (Fsp3) is 1.00. The third-order valence-corrected chi connectivity index (χ3v) is 4.62. The summed E-state index contributed by atoms with van der Waals surface area (Å²) in [6.07, 6.45) is 0. The number of sulfonamides is 1. The van der Waals surface area contributed by atoms with E-state index >= 15 is 0 Å². The number of hydrogen-bond acceptors (Lipinski definition) is 3. The molecule has 1 aliphatic heterocycles. The van der Waals surface area contributed by atoms with E-state index in [9.17, 15) is 13.5 Å². The van der Waals surface area contributed by atoms with Crippen molar-refractivity contribution in [1.82, 2.24) is 4.31 Å². The maximum Gasteiger partial charge on any atom is 0.224 e. The van der Waals surface area contributed by atoms with Gasteiger partial charge in [-0.2, -0.15) is 4.31 Å². The van der Waals surface area contributed by atoms with E-state index in [2.05, 4.69) is 15.9 Å². The fourth-order valence-corrected chi connectivity index (χ4v) is 2.94. The van der Waals surface area contributed by atoms with Gasteiger partial charge in [0.2, 0.25) is 10.0 Å². The minimum absolute atomic E-state index is 0.0733. The summed E-state index contributed by atoms with van der Waals surface area (Å²) >= 11 is 2.87. The highest BCUT2D eigenvalue weighted by Crippen LogP contribution is 2.23. The largest absolute Gasteiger partial charge is 0.387 e. The highest BCUT2D eigenvalue weighted by molar-refractivity contribution is 9.10. The molecular formula is C5H10BrNO3S. The van der Waals surface area contributed by atoms with Crippen molar-refractivity contribution in [3.05, 3.63) is 0 Å². The van der Waals surface area contributed by atoms with Crippen LogP contribution in [0.5, 0.6) is 0 Å². The molecule has 0 aromatic heterocycles. The van der Waals surface area contributed by atoms with Crippen molar-refractivity contribution in [2.45, 2.75) is 12.5 Å². The Bertz CT molecular complexity index is 240. The van der Waals surface area contributed by atoms with E-state index in [0.717, 1.165) is 0 Å². The minimum Gasteiger partial charge on any atom is -0.387 e. The molecule has 1 N–H and O–H groups in total. The van der Waals surface area contributed by atoms with E-state index in [1.54, 1.807) is 6.92 Å². The van der Waals surface area contributed by atoms with E-state index in [1.165, 1.54) is 4.31 Å². The van der Waals surface area contributed by atoms with Crippen molar-refractivity contribution in [1.29, 1.82) is 0 Å². The predicted molar refractivity (Wildman–Crippen MR) is 44.9 cm³/mol. The molecule has 0 spiro atoms. The lowest BCUT2D eigenvalue weighted by Crippen LogP contribution is -2.61. The third kappa shape index (κ3) is 1.93. The first-order chi connectivity index (χ1) is 4.87. The van der Waals surface area contributed by atoms with Crippen LogP contribution in [0.15, 0.2) is 0 Å². The van der Waals surface area contributed by atoms with E-state index in [-0.39, 0.29) is 17.8 Å². The van der Waals surface area contributed by atoms with Crippen molar-refractivity contribution in [3.8, 4) is 0 Å². The van der Waals surface area contributed by atoms with Crippen LogP contribution in [-0.4, -0.2) is 41.2 Å². The molecule has 0 aromatic carbocycles. The standard InChI is InChI=1S/C5H10BrNO3S/c1-5(8)2-7(3-5)11(9,10)4-6/h8H,2-4H2,1H3. The SMILES string of the molecule is CC1(O)CN(S(=O)(=O)CBr)C1. The number of β-amino-alcohol motifs (C(OH)–C–C–N with tert-alkyl or cyclic N) is 1. The molecule has 1 rings (SSSR count). The molecule has 1 fully saturated rings. The van der Waals surface area contributed by atoms with Crippen LogP contribution in [0.4, 0.5) is 0 Å². The van der Waals surface area contributed by atoms with E-state index in [4.69, 9.17) is 0 Å². The Morgan fingerprint density at radius 1 is 1.64 bits per heavy atom. The summed E-state index contributed by atoms with van der Waals surface area (Å²) in [6, 6.07) is 0. The summed E-state index contributed by atoms with van der Waals surface area (Å²) in [5.41, 5.74) is -0.824. The molecule has 0 aliphatic carbocycles. The van der Waals surface area contributed by atoms with Crippen LogP contribution < -0.4 is 0 Å². The maximum absolute atomic E-state index is 11.0. The summed E-state index contributed by atoms with van der Waals surface area (Å²) in [5.74, 6) is 0. The average Bonchev–Trinajstić information content (AvgIpc) is 1.83. The Hall–Kier alpha value is 0.350. The molecule has 4 nitrogen and oxygen atoms in total. The fourth-order valence-electron chi connectivity index (χ4n) is 0.979. The van der Waals surface area contributed by atoms with Crippen LogP contribution in [0.1, 0.15) is 6.92 Å². The van der Waals surface area contributed by atoms with Gasteiger partial charge in [0.25, 0.3) is 0 Å². The smallest absolute Gasteiger partial charge is 0.224 e. The molecule has 66 valence electrons. The predicted octanol–water partition coefficient (Wildman–Crippen LogP) is -0.265.